The Morgan fingerprint density at radius 3 is 2.26 bits per heavy atom. The van der Waals surface area contributed by atoms with E-state index in [-0.39, 0.29) is 16.0 Å². The number of anilines is 1. The van der Waals surface area contributed by atoms with Gasteiger partial charge in [-0.05, 0) is 72.0 Å². The van der Waals surface area contributed by atoms with Crippen LogP contribution in [0.5, 0.6) is 0 Å². The monoisotopic (exact) mass is 615 g/mol. The molecule has 0 unspecified atom stereocenters. The number of amides is 1. The van der Waals surface area contributed by atoms with Gasteiger partial charge in [-0.25, -0.2) is 8.42 Å². The predicted octanol–water partition coefficient (Wildman–Crippen LogP) is 8.20. The zero-order chi connectivity index (χ0) is 30.1. The van der Waals surface area contributed by atoms with E-state index in [2.05, 4.69) is 21.4 Å². The number of carbonyl (C=O) groups excluding carboxylic acids is 1. The van der Waals surface area contributed by atoms with E-state index in [1.165, 1.54) is 24.7 Å². The van der Waals surface area contributed by atoms with Gasteiger partial charge < -0.3 is 5.32 Å². The average molecular weight is 617 g/mol. The van der Waals surface area contributed by atoms with E-state index in [1.807, 2.05) is 66.7 Å². The van der Waals surface area contributed by atoms with Crippen molar-refractivity contribution in [1.82, 2.24) is 9.97 Å². The van der Waals surface area contributed by atoms with Crippen LogP contribution in [0, 0.1) is 0 Å². The third-order valence-electron chi connectivity index (χ3n) is 7.27. The van der Waals surface area contributed by atoms with Gasteiger partial charge in [-0.15, -0.1) is 0 Å². The van der Waals surface area contributed by atoms with Gasteiger partial charge in [0.05, 0.1) is 26.0 Å². The fraction of sp³-hybridized carbons (Fsp3) is 0.121. The van der Waals surface area contributed by atoms with Gasteiger partial charge >= 0.3 is 0 Å². The fourth-order valence-electron chi connectivity index (χ4n) is 4.49. The van der Waals surface area contributed by atoms with Crippen molar-refractivity contribution in [2.75, 3.05) is 11.6 Å². The second-order valence-electron chi connectivity index (χ2n) is 10.4. The largest absolute Gasteiger partial charge is 0.320 e. The SMILES string of the molecule is CC(C)(c1cc(-c2cccc(-c3ccc(/C=C\C(=O)Nc4c(Cl)cncc4Cl)cc3)c2)c2ncccc2c1)S(C)(=O)=O. The summed E-state index contributed by atoms with van der Waals surface area (Å²) in [4.78, 5) is 20.9. The smallest absolute Gasteiger partial charge is 0.248 e. The van der Waals surface area contributed by atoms with Gasteiger partial charge in [0, 0.05) is 41.9 Å². The molecule has 0 radical (unpaired) electrons. The van der Waals surface area contributed by atoms with E-state index in [0.29, 0.717) is 11.3 Å². The van der Waals surface area contributed by atoms with Crippen molar-refractivity contribution in [3.8, 4) is 22.3 Å². The lowest BCUT2D eigenvalue weighted by Gasteiger charge is -2.24. The first kappa shape index (κ1) is 29.5. The van der Waals surface area contributed by atoms with Crippen LogP contribution in [-0.4, -0.2) is 30.5 Å². The van der Waals surface area contributed by atoms with Crippen LogP contribution in [0.1, 0.15) is 25.0 Å². The number of carbonyl (C=O) groups is 1. The van der Waals surface area contributed by atoms with Crippen molar-refractivity contribution < 1.29 is 13.2 Å². The van der Waals surface area contributed by atoms with Gasteiger partial charge in [0.15, 0.2) is 9.84 Å². The number of nitrogens with zero attached hydrogens (tertiary/aromatic N) is 2. The third kappa shape index (κ3) is 6.09. The van der Waals surface area contributed by atoms with E-state index in [1.54, 1.807) is 26.1 Å². The highest BCUT2D eigenvalue weighted by molar-refractivity contribution is 7.91. The number of sulfone groups is 1. The van der Waals surface area contributed by atoms with Gasteiger partial charge in [-0.3, -0.25) is 14.8 Å². The molecule has 5 aromatic rings. The third-order valence-corrected chi connectivity index (χ3v) is 9.94. The summed E-state index contributed by atoms with van der Waals surface area (Å²) in [5.41, 5.74) is 6.42. The Hall–Kier alpha value is -4.04. The molecule has 1 N–H and O–H groups in total. The number of hydrogen-bond acceptors (Lipinski definition) is 5. The van der Waals surface area contributed by atoms with Crippen LogP contribution in [0.25, 0.3) is 39.2 Å². The highest BCUT2D eigenvalue weighted by atomic mass is 35.5. The second-order valence-corrected chi connectivity index (χ2v) is 13.8. The minimum atomic E-state index is -3.37. The number of rotatable bonds is 7. The predicted molar refractivity (Wildman–Crippen MR) is 172 cm³/mol. The van der Waals surface area contributed by atoms with Crippen molar-refractivity contribution >= 4 is 61.6 Å². The molecule has 0 saturated carbocycles. The Morgan fingerprint density at radius 2 is 1.57 bits per heavy atom. The lowest BCUT2D eigenvalue weighted by Crippen LogP contribution is -2.28. The van der Waals surface area contributed by atoms with E-state index >= 15 is 0 Å². The molecule has 0 atom stereocenters. The summed E-state index contributed by atoms with van der Waals surface area (Å²) in [6.07, 6.45) is 8.93. The lowest BCUT2D eigenvalue weighted by molar-refractivity contribution is -0.111. The molecule has 9 heteroatoms. The minimum Gasteiger partial charge on any atom is -0.320 e. The Labute approximate surface area is 255 Å². The lowest BCUT2D eigenvalue weighted by atomic mass is 9.92. The molecule has 42 heavy (non-hydrogen) atoms. The van der Waals surface area contributed by atoms with E-state index in [9.17, 15) is 13.2 Å². The molecule has 6 nitrogen and oxygen atoms in total. The van der Waals surface area contributed by atoms with Gasteiger partial charge in [0.2, 0.25) is 5.91 Å². The van der Waals surface area contributed by atoms with Gasteiger partial charge in [0.25, 0.3) is 0 Å². The zero-order valence-electron chi connectivity index (χ0n) is 23.1. The van der Waals surface area contributed by atoms with Crippen molar-refractivity contribution in [2.24, 2.45) is 0 Å². The number of hydrogen-bond donors (Lipinski definition) is 1. The molecule has 5 rings (SSSR count). The Bertz CT molecular complexity index is 1930. The molecule has 1 amide bonds. The first-order valence-corrected chi connectivity index (χ1v) is 15.7. The van der Waals surface area contributed by atoms with Gasteiger partial charge in [0.1, 0.15) is 0 Å². The topological polar surface area (TPSA) is 89.0 Å². The summed E-state index contributed by atoms with van der Waals surface area (Å²) < 4.78 is 24.2. The summed E-state index contributed by atoms with van der Waals surface area (Å²) in [7, 11) is -3.37. The van der Waals surface area contributed by atoms with Crippen LogP contribution < -0.4 is 5.32 Å². The van der Waals surface area contributed by atoms with E-state index in [4.69, 9.17) is 23.2 Å². The van der Waals surface area contributed by atoms with Crippen molar-refractivity contribution in [1.29, 1.82) is 0 Å². The van der Waals surface area contributed by atoms with E-state index < -0.39 is 14.6 Å². The number of aromatic nitrogens is 2. The molecule has 0 aliphatic carbocycles. The molecule has 3 aromatic carbocycles. The number of fused-ring (bicyclic) bond motifs is 1. The standard InChI is InChI=1S/C33H27Cl2N3O3S/c1-33(2,42(3,40)41)26-17-25-8-5-15-37-31(25)27(18-26)24-7-4-6-23(16-24)22-12-9-21(10-13-22)11-14-30(39)38-32-28(34)19-36-20-29(32)35/h4-20H,1-3H3,(H,36,38,39)/b14-11-. The summed E-state index contributed by atoms with van der Waals surface area (Å²) >= 11 is 12.2. The van der Waals surface area contributed by atoms with Crippen LogP contribution in [0.15, 0.2) is 97.5 Å². The molecule has 0 saturated heterocycles. The first-order chi connectivity index (χ1) is 19.9. The zero-order valence-corrected chi connectivity index (χ0v) is 25.4. The molecule has 0 aliphatic rings. The molecular weight excluding hydrogens is 589 g/mol. The molecule has 2 aromatic heterocycles. The second kappa shape index (κ2) is 11.7. The molecule has 0 aliphatic heterocycles. The van der Waals surface area contributed by atoms with Crippen LogP contribution in [-0.2, 0) is 19.4 Å². The average Bonchev–Trinajstić information content (AvgIpc) is 2.97. The summed E-state index contributed by atoms with van der Waals surface area (Å²) in [5.74, 6) is -0.371. The van der Waals surface area contributed by atoms with Crippen LogP contribution in [0.3, 0.4) is 0 Å². The maximum absolute atomic E-state index is 12.6. The van der Waals surface area contributed by atoms with Crippen molar-refractivity contribution in [3.05, 3.63) is 119 Å². The van der Waals surface area contributed by atoms with Crippen LogP contribution in [0.2, 0.25) is 10.0 Å². The molecule has 212 valence electrons. The number of pyridine rings is 2. The quantitative estimate of drug-likeness (QED) is 0.186. The number of nitrogens with one attached hydrogen (secondary N) is 1. The summed E-state index contributed by atoms with van der Waals surface area (Å²) in [5, 5.41) is 4.06. The first-order valence-electron chi connectivity index (χ1n) is 13.0. The summed E-state index contributed by atoms with van der Waals surface area (Å²) in [6, 6.07) is 23.5. The fourth-order valence-corrected chi connectivity index (χ4v) is 5.50. The highest BCUT2D eigenvalue weighted by Crippen LogP contribution is 2.37. The number of halogens is 2. The molecule has 2 heterocycles. The Morgan fingerprint density at radius 1 is 0.881 bits per heavy atom. The number of benzene rings is 3. The van der Waals surface area contributed by atoms with E-state index in [0.717, 1.165) is 38.7 Å². The van der Waals surface area contributed by atoms with Crippen LogP contribution in [0.4, 0.5) is 5.69 Å². The van der Waals surface area contributed by atoms with Gasteiger partial charge in [-0.2, -0.15) is 0 Å². The van der Waals surface area contributed by atoms with Gasteiger partial charge in [-0.1, -0.05) is 71.7 Å². The maximum atomic E-state index is 12.6. The van der Waals surface area contributed by atoms with Crippen LogP contribution >= 0.6 is 23.2 Å². The molecule has 0 spiro atoms. The Kier molecular flexibility index (Phi) is 8.19. The minimum absolute atomic E-state index is 0.255. The molecular formula is C33H27Cl2N3O3S. The molecule has 0 fully saturated rings. The Balaban J connectivity index is 1.43. The highest BCUT2D eigenvalue weighted by Gasteiger charge is 2.33. The van der Waals surface area contributed by atoms with Crippen molar-refractivity contribution in [2.45, 2.75) is 18.6 Å². The molecule has 0 bridgehead atoms. The maximum Gasteiger partial charge on any atom is 0.248 e. The summed E-state index contributed by atoms with van der Waals surface area (Å²) in [6.45, 7) is 3.45. The normalized spacial score (nSPS) is 12.1. The van der Waals surface area contributed by atoms with Crippen molar-refractivity contribution in [3.63, 3.8) is 0 Å².